The smallest absolute Gasteiger partial charge is 0.225 e. The van der Waals surface area contributed by atoms with Crippen LogP contribution >= 0.6 is 11.6 Å². The Morgan fingerprint density at radius 1 is 0.897 bits per heavy atom. The standard InChI is InChI=1S/C21H21ClN4O2S/c22-19-8-6-18(7-9-19)20-10-11-23-21(24-20)25-12-14-26(15-13-25)29(27,28)16-17-4-2-1-3-5-17/h1-11H,12-16H2. The third-order valence-electron chi connectivity index (χ3n) is 4.89. The fraction of sp³-hybridized carbons (Fsp3) is 0.238. The average Bonchev–Trinajstić information content (AvgIpc) is 2.75. The van der Waals surface area contributed by atoms with Crippen LogP contribution in [0.1, 0.15) is 5.56 Å². The summed E-state index contributed by atoms with van der Waals surface area (Å²) in [7, 11) is -3.34. The van der Waals surface area contributed by atoms with Crippen LogP contribution in [0.4, 0.5) is 5.95 Å². The fourth-order valence-corrected chi connectivity index (χ4v) is 4.97. The van der Waals surface area contributed by atoms with E-state index in [0.29, 0.717) is 37.1 Å². The Bertz CT molecular complexity index is 1070. The Balaban J connectivity index is 1.43. The normalized spacial score (nSPS) is 15.4. The second-order valence-corrected chi connectivity index (χ2v) is 9.28. The predicted molar refractivity (Wildman–Crippen MR) is 115 cm³/mol. The van der Waals surface area contributed by atoms with Gasteiger partial charge in [-0.05, 0) is 23.8 Å². The van der Waals surface area contributed by atoms with Gasteiger partial charge in [-0.1, -0.05) is 54.1 Å². The number of piperazine rings is 1. The molecular weight excluding hydrogens is 408 g/mol. The summed E-state index contributed by atoms with van der Waals surface area (Å²) in [5.74, 6) is 0.633. The van der Waals surface area contributed by atoms with Crippen molar-refractivity contribution in [2.75, 3.05) is 31.1 Å². The summed E-state index contributed by atoms with van der Waals surface area (Å²) >= 11 is 5.96. The summed E-state index contributed by atoms with van der Waals surface area (Å²) in [6.45, 7) is 1.95. The largest absolute Gasteiger partial charge is 0.338 e. The van der Waals surface area contributed by atoms with E-state index in [1.165, 1.54) is 0 Å². The van der Waals surface area contributed by atoms with Gasteiger partial charge in [0.15, 0.2) is 0 Å². The van der Waals surface area contributed by atoms with Gasteiger partial charge in [0.05, 0.1) is 11.4 Å². The van der Waals surface area contributed by atoms with Crippen LogP contribution in [0.5, 0.6) is 0 Å². The molecule has 2 aromatic carbocycles. The van der Waals surface area contributed by atoms with Gasteiger partial charge in [-0.3, -0.25) is 0 Å². The average molecular weight is 429 g/mol. The molecule has 0 amide bonds. The maximum atomic E-state index is 12.7. The van der Waals surface area contributed by atoms with Crippen molar-refractivity contribution in [3.63, 3.8) is 0 Å². The molecule has 6 nitrogen and oxygen atoms in total. The summed E-state index contributed by atoms with van der Waals surface area (Å²) in [6, 6.07) is 18.6. The lowest BCUT2D eigenvalue weighted by atomic mass is 10.1. The lowest BCUT2D eigenvalue weighted by Gasteiger charge is -2.34. The topological polar surface area (TPSA) is 66.4 Å². The van der Waals surface area contributed by atoms with Crippen molar-refractivity contribution < 1.29 is 8.42 Å². The molecule has 2 heterocycles. The van der Waals surface area contributed by atoms with Crippen LogP contribution in [0.15, 0.2) is 66.9 Å². The zero-order chi connectivity index (χ0) is 20.3. The van der Waals surface area contributed by atoms with Gasteiger partial charge in [0, 0.05) is 43.0 Å². The SMILES string of the molecule is O=S(=O)(Cc1ccccc1)N1CCN(c2nccc(-c3ccc(Cl)cc3)n2)CC1. The van der Waals surface area contributed by atoms with Gasteiger partial charge in [-0.25, -0.2) is 18.4 Å². The number of sulfonamides is 1. The van der Waals surface area contributed by atoms with Gasteiger partial charge >= 0.3 is 0 Å². The van der Waals surface area contributed by atoms with E-state index in [0.717, 1.165) is 16.8 Å². The molecule has 3 aromatic rings. The molecular formula is C21H21ClN4O2S. The molecule has 0 radical (unpaired) electrons. The minimum absolute atomic E-state index is 0.0242. The Morgan fingerprint density at radius 2 is 1.59 bits per heavy atom. The monoisotopic (exact) mass is 428 g/mol. The number of anilines is 1. The fourth-order valence-electron chi connectivity index (χ4n) is 3.32. The molecule has 0 unspecified atom stereocenters. The number of nitrogens with zero attached hydrogens (tertiary/aromatic N) is 4. The van der Waals surface area contributed by atoms with Crippen LogP contribution in [0.2, 0.25) is 5.02 Å². The van der Waals surface area contributed by atoms with Crippen molar-refractivity contribution in [3.8, 4) is 11.3 Å². The highest BCUT2D eigenvalue weighted by molar-refractivity contribution is 7.88. The van der Waals surface area contributed by atoms with E-state index in [1.54, 1.807) is 10.5 Å². The number of halogens is 1. The molecule has 150 valence electrons. The van der Waals surface area contributed by atoms with Gasteiger partial charge < -0.3 is 4.90 Å². The second kappa shape index (κ2) is 8.49. The third-order valence-corrected chi connectivity index (χ3v) is 6.99. The molecule has 1 fully saturated rings. The lowest BCUT2D eigenvalue weighted by molar-refractivity contribution is 0.382. The van der Waals surface area contributed by atoms with E-state index >= 15 is 0 Å². The molecule has 4 rings (SSSR count). The van der Waals surface area contributed by atoms with E-state index in [1.807, 2.05) is 65.6 Å². The number of rotatable bonds is 5. The zero-order valence-electron chi connectivity index (χ0n) is 15.8. The molecule has 1 aliphatic rings. The Labute approximate surface area is 175 Å². The first-order valence-corrected chi connectivity index (χ1v) is 11.4. The second-order valence-electron chi connectivity index (χ2n) is 6.88. The highest BCUT2D eigenvalue weighted by Gasteiger charge is 2.28. The highest BCUT2D eigenvalue weighted by Crippen LogP contribution is 2.22. The van der Waals surface area contributed by atoms with E-state index in [9.17, 15) is 8.42 Å². The van der Waals surface area contributed by atoms with E-state index in [2.05, 4.69) is 9.97 Å². The van der Waals surface area contributed by atoms with Crippen molar-refractivity contribution in [1.29, 1.82) is 0 Å². The number of hydrogen-bond donors (Lipinski definition) is 0. The van der Waals surface area contributed by atoms with Crippen LogP contribution in [-0.4, -0.2) is 48.9 Å². The van der Waals surface area contributed by atoms with E-state index in [-0.39, 0.29) is 5.75 Å². The number of benzene rings is 2. The van der Waals surface area contributed by atoms with Gasteiger partial charge in [-0.15, -0.1) is 0 Å². The van der Waals surface area contributed by atoms with E-state index < -0.39 is 10.0 Å². The quantitative estimate of drug-likeness (QED) is 0.622. The van der Waals surface area contributed by atoms with Gasteiger partial charge in [-0.2, -0.15) is 4.31 Å². The summed E-state index contributed by atoms with van der Waals surface area (Å²) in [5.41, 5.74) is 2.57. The van der Waals surface area contributed by atoms with Crippen LogP contribution < -0.4 is 4.90 Å². The summed E-state index contributed by atoms with van der Waals surface area (Å²) in [6.07, 6.45) is 1.73. The first-order valence-electron chi connectivity index (χ1n) is 9.37. The van der Waals surface area contributed by atoms with Gasteiger partial charge in [0.2, 0.25) is 16.0 Å². The van der Waals surface area contributed by atoms with Crippen LogP contribution in [0.25, 0.3) is 11.3 Å². The molecule has 1 aromatic heterocycles. The van der Waals surface area contributed by atoms with Crippen molar-refractivity contribution in [3.05, 3.63) is 77.4 Å². The molecule has 29 heavy (non-hydrogen) atoms. The lowest BCUT2D eigenvalue weighted by Crippen LogP contribution is -2.49. The van der Waals surface area contributed by atoms with Crippen molar-refractivity contribution in [1.82, 2.24) is 14.3 Å². The van der Waals surface area contributed by atoms with Crippen molar-refractivity contribution in [2.24, 2.45) is 0 Å². The maximum absolute atomic E-state index is 12.7. The molecule has 8 heteroatoms. The Morgan fingerprint density at radius 3 is 2.28 bits per heavy atom. The maximum Gasteiger partial charge on any atom is 0.225 e. The molecule has 1 saturated heterocycles. The minimum atomic E-state index is -3.34. The third kappa shape index (κ3) is 4.75. The summed E-state index contributed by atoms with van der Waals surface area (Å²) in [5, 5.41) is 0.677. The molecule has 0 atom stereocenters. The van der Waals surface area contributed by atoms with E-state index in [4.69, 9.17) is 11.6 Å². The van der Waals surface area contributed by atoms with Crippen LogP contribution in [0.3, 0.4) is 0 Å². The molecule has 0 aliphatic carbocycles. The van der Waals surface area contributed by atoms with Crippen LogP contribution in [-0.2, 0) is 15.8 Å². The molecule has 0 N–H and O–H groups in total. The Kier molecular flexibility index (Phi) is 5.80. The summed E-state index contributed by atoms with van der Waals surface area (Å²) < 4.78 is 27.0. The van der Waals surface area contributed by atoms with Gasteiger partial charge in [0.1, 0.15) is 0 Å². The van der Waals surface area contributed by atoms with Crippen molar-refractivity contribution >= 4 is 27.6 Å². The van der Waals surface area contributed by atoms with Crippen LogP contribution in [0, 0.1) is 0 Å². The number of hydrogen-bond acceptors (Lipinski definition) is 5. The first kappa shape index (κ1) is 19.8. The molecule has 0 spiro atoms. The molecule has 0 saturated carbocycles. The minimum Gasteiger partial charge on any atom is -0.338 e. The molecule has 1 aliphatic heterocycles. The molecule has 0 bridgehead atoms. The Hall–Kier alpha value is -2.48. The highest BCUT2D eigenvalue weighted by atomic mass is 35.5. The van der Waals surface area contributed by atoms with Crippen molar-refractivity contribution in [2.45, 2.75) is 5.75 Å². The summed E-state index contributed by atoms with van der Waals surface area (Å²) in [4.78, 5) is 11.1. The zero-order valence-corrected chi connectivity index (χ0v) is 17.4. The number of aromatic nitrogens is 2. The van der Waals surface area contributed by atoms with Gasteiger partial charge in [0.25, 0.3) is 0 Å². The predicted octanol–water partition coefficient (Wildman–Crippen LogP) is 3.45. The first-order chi connectivity index (χ1) is 14.0.